The smallest absolute Gasteiger partial charge is 0.331 e. The number of fused-ring (bicyclic) bond motifs is 18. The van der Waals surface area contributed by atoms with Gasteiger partial charge in [0.1, 0.15) is 37.0 Å². The van der Waals surface area contributed by atoms with Gasteiger partial charge in [-0.3, -0.25) is 39.6 Å². The van der Waals surface area contributed by atoms with Gasteiger partial charge in [-0.2, -0.15) is 5.26 Å². The monoisotopic (exact) mass is 1620 g/mol. The van der Waals surface area contributed by atoms with Crippen molar-refractivity contribution in [3.05, 3.63) is 125 Å². The summed E-state index contributed by atoms with van der Waals surface area (Å²) in [7, 11) is 5.97. The van der Waals surface area contributed by atoms with Gasteiger partial charge >= 0.3 is 35.8 Å². The molecule has 0 aliphatic carbocycles. The van der Waals surface area contributed by atoms with Gasteiger partial charge < -0.3 is 92.3 Å². The highest BCUT2D eigenvalue weighted by Gasteiger charge is 2.63. The number of aryl methyl sites for hydroxylation is 2. The second kappa shape index (κ2) is 30.3. The molecule has 115 heavy (non-hydrogen) atoms. The van der Waals surface area contributed by atoms with E-state index in [0.29, 0.717) is 140 Å². The number of phenolic OH excluding ortho intramolecular Hbond substituents is 2. The van der Waals surface area contributed by atoms with E-state index in [-0.39, 0.29) is 93.7 Å². The summed E-state index contributed by atoms with van der Waals surface area (Å²) < 4.78 is 83.2. The molecular formula is C83H93N7O23S2. The van der Waals surface area contributed by atoms with E-state index in [2.05, 4.69) is 32.2 Å². The highest BCUT2D eigenvalue weighted by atomic mass is 32.2. The van der Waals surface area contributed by atoms with E-state index in [1.165, 1.54) is 79.7 Å². The van der Waals surface area contributed by atoms with E-state index >= 15 is 0 Å². The number of rotatable bonds is 8. The van der Waals surface area contributed by atoms with Crippen LogP contribution in [0.2, 0.25) is 0 Å². The summed E-state index contributed by atoms with van der Waals surface area (Å²) in [6.07, 6.45) is 0.864. The summed E-state index contributed by atoms with van der Waals surface area (Å²) in [5.74, 6) is 1.21. The van der Waals surface area contributed by atoms with Gasteiger partial charge in [0.15, 0.2) is 80.1 Å². The lowest BCUT2D eigenvalue weighted by molar-refractivity contribution is -0.164. The van der Waals surface area contributed by atoms with E-state index in [1.54, 1.807) is 24.3 Å². The average molecular weight is 1620 g/mol. The number of piperazine rings is 2. The topological polar surface area (TPSA) is 371 Å². The fraction of sp³-hybridized carbons (Fsp3) is 0.482. The molecule has 6 aromatic rings. The predicted molar refractivity (Wildman–Crippen MR) is 416 cm³/mol. The lowest BCUT2D eigenvalue weighted by Crippen LogP contribution is -2.69. The molecule has 32 heteroatoms. The minimum absolute atomic E-state index is 0. The zero-order chi connectivity index (χ0) is 79.4. The van der Waals surface area contributed by atoms with E-state index < -0.39 is 112 Å². The molecule has 6 aromatic carbocycles. The second-order valence-electron chi connectivity index (χ2n) is 30.3. The second-order valence-corrected chi connectivity index (χ2v) is 32.6. The third-order valence-corrected chi connectivity index (χ3v) is 27.1. The number of carbonyl (C=O) groups excluding carboxylic acids is 6. The van der Waals surface area contributed by atoms with Crippen molar-refractivity contribution < 1.29 is 110 Å². The van der Waals surface area contributed by atoms with E-state index in [9.17, 15) is 49.3 Å². The van der Waals surface area contributed by atoms with Gasteiger partial charge in [0.05, 0.1) is 75.2 Å². The molecule has 2 spiro atoms. The molecule has 14 aliphatic heterocycles. The average Bonchev–Trinajstić information content (AvgIpc) is 1.57. The molecule has 4 fully saturated rings. The van der Waals surface area contributed by atoms with Crippen LogP contribution in [0.5, 0.6) is 80.5 Å². The van der Waals surface area contributed by atoms with Gasteiger partial charge in [-0.15, -0.1) is 23.5 Å². The Kier molecular flexibility index (Phi) is 21.1. The molecule has 14 heterocycles. The first-order valence-corrected chi connectivity index (χ1v) is 39.5. The van der Waals surface area contributed by atoms with E-state index in [0.717, 1.165) is 33.4 Å². The van der Waals surface area contributed by atoms with Crippen LogP contribution < -0.4 is 78.1 Å². The molecule has 0 saturated carbocycles. The molecule has 8 bridgehead atoms. The Balaban J connectivity index is 0.000000178. The molecule has 0 amide bonds. The summed E-state index contributed by atoms with van der Waals surface area (Å²) in [4.78, 5) is 83.6. The number of hydrogen-bond donors (Lipinski definition) is 7. The van der Waals surface area contributed by atoms with Crippen LogP contribution in [0.1, 0.15) is 166 Å². The molecule has 14 aliphatic rings. The first-order valence-electron chi connectivity index (χ1n) is 37.4. The molecule has 20 rings (SSSR count). The maximum atomic E-state index is 14.8. The summed E-state index contributed by atoms with van der Waals surface area (Å²) in [6.45, 7) is 13.0. The van der Waals surface area contributed by atoms with Crippen molar-refractivity contribution in [2.75, 3.05) is 79.8 Å². The number of thioether (sulfide) groups is 2. The molecule has 4 saturated heterocycles. The van der Waals surface area contributed by atoms with Crippen LogP contribution in [0.3, 0.4) is 0 Å². The van der Waals surface area contributed by atoms with Crippen LogP contribution in [-0.4, -0.2) is 177 Å². The van der Waals surface area contributed by atoms with Crippen LogP contribution in [0.25, 0.3) is 0 Å². The van der Waals surface area contributed by atoms with Crippen LogP contribution in [0, 0.1) is 39.0 Å². The van der Waals surface area contributed by atoms with Gasteiger partial charge in [-0.05, 0) is 122 Å². The Morgan fingerprint density at radius 3 is 1.34 bits per heavy atom. The van der Waals surface area contributed by atoms with Gasteiger partial charge in [0.25, 0.3) is 0 Å². The summed E-state index contributed by atoms with van der Waals surface area (Å²) >= 11 is 2.89. The number of phenols is 2. The Morgan fingerprint density at radius 1 is 0.513 bits per heavy atom. The van der Waals surface area contributed by atoms with E-state index in [4.69, 9.17) is 66.3 Å². The minimum atomic E-state index is -1.40. The number of aromatic hydroxyl groups is 2. The molecule has 7 N–H and O–H groups in total. The Morgan fingerprint density at radius 2 is 0.922 bits per heavy atom. The van der Waals surface area contributed by atoms with Gasteiger partial charge in [-0.1, -0.05) is 27.0 Å². The van der Waals surface area contributed by atoms with Crippen molar-refractivity contribution in [1.82, 2.24) is 31.1 Å². The maximum Gasteiger partial charge on any atom is 0.331 e. The molecule has 0 radical (unpaired) electrons. The maximum absolute atomic E-state index is 14.8. The number of aliphatic hydroxyl groups excluding tert-OH is 1. The summed E-state index contributed by atoms with van der Waals surface area (Å²) in [5.41, 5.74) is 8.34. The van der Waals surface area contributed by atoms with Crippen LogP contribution in [0.15, 0.2) is 36.4 Å². The van der Waals surface area contributed by atoms with Gasteiger partial charge in [-0.25, -0.2) is 9.59 Å². The molecule has 610 valence electrons. The van der Waals surface area contributed by atoms with Crippen molar-refractivity contribution in [3.8, 4) is 86.6 Å². The van der Waals surface area contributed by atoms with Gasteiger partial charge in [0, 0.05) is 115 Å². The number of nitrogens with zero attached hydrogens (tertiary/aromatic N) is 3. The highest BCUT2D eigenvalue weighted by Crippen LogP contribution is 2.67. The number of nitriles is 1. The largest absolute Gasteiger partial charge is 0.504 e. The number of methoxy groups -OCH3 is 4. The third kappa shape index (κ3) is 12.4. The lowest BCUT2D eigenvalue weighted by Gasteiger charge is -2.59. The fourth-order valence-electron chi connectivity index (χ4n) is 19.8. The van der Waals surface area contributed by atoms with Crippen molar-refractivity contribution in [1.29, 1.82) is 5.26 Å². The lowest BCUT2D eigenvalue weighted by atomic mass is 9.72. The molecule has 0 aromatic heterocycles. The van der Waals surface area contributed by atoms with Gasteiger partial charge in [0.2, 0.25) is 13.6 Å². The van der Waals surface area contributed by atoms with Crippen molar-refractivity contribution >= 4 is 59.3 Å². The van der Waals surface area contributed by atoms with Crippen molar-refractivity contribution in [3.63, 3.8) is 0 Å². The van der Waals surface area contributed by atoms with Crippen LogP contribution >= 0.6 is 23.5 Å². The standard InChI is InChI=1S/C41H42N4O11S.C40H43N3O12S.2CH4/c1-17-9-22-10-24-25(13-42)45-26-14-52-40(49)41(23-12-27(50-5)28(55-19(3)46)11-21(23)7-8-43-41)15-57-39(33(45)32(44-24)29(22)34(48)35(17)51-6)31-30(26)38-37(53-16-54-38)18(2)36(31)56-20(4)47;1-16-9-21-10-23-38(47)43-24-13-51-39(48)40(22-12-25(49-5)26(54-18(3)44)11-20(22)7-8-41-40)14-56-37(31(43)30(42-23)27(21)32(46)33(16)50-6)29-28(24)36-35(52-15-53-36)17(2)34(29)55-19(4)45;;/h9,11-12,24-26,32-33,39,43-44,48H,7-8,10,14-16H2,1-6H3;9,11-12,23-24,30-31,37-38,41-42,46-47H,7-8,10,13-15H2,1-6H3;2*1H4/t24-,25-,26-,32+,33?,39+,41+;23-,24-,30+,31?,37+,38-,40+;;/m00../s1. The molecule has 14 atom stereocenters. The number of esters is 6. The molecule has 2 unspecified atom stereocenters. The number of nitrogens with one attached hydrogen (secondary N) is 4. The quantitative estimate of drug-likeness (QED) is 0.0555. The fourth-order valence-corrected chi connectivity index (χ4v) is 23.2. The zero-order valence-electron chi connectivity index (χ0n) is 64.0. The minimum Gasteiger partial charge on any atom is -0.504 e. The Bertz CT molecular complexity index is 5150. The number of benzene rings is 6. The first kappa shape index (κ1) is 80.2. The van der Waals surface area contributed by atoms with E-state index in [1.807, 2.05) is 44.7 Å². The normalized spacial score (nSPS) is 27.6. The number of hydrogen-bond acceptors (Lipinski definition) is 32. The molecular weight excluding hydrogens is 1530 g/mol. The predicted octanol–water partition coefficient (Wildman–Crippen LogP) is 8.43. The molecule has 30 nitrogen and oxygen atoms in total. The number of ether oxygens (including phenoxy) is 14. The first-order chi connectivity index (χ1) is 54.3. The van der Waals surface area contributed by atoms with Crippen LogP contribution in [0.4, 0.5) is 0 Å². The number of carbonyl (C=O) groups is 6. The highest BCUT2D eigenvalue weighted by molar-refractivity contribution is 7.99. The van der Waals surface area contributed by atoms with Crippen LogP contribution in [-0.2, 0) is 75.0 Å². The van der Waals surface area contributed by atoms with Crippen molar-refractivity contribution in [2.45, 2.75) is 178 Å². The summed E-state index contributed by atoms with van der Waals surface area (Å²) in [5, 5.41) is 60.5. The third-order valence-electron chi connectivity index (χ3n) is 24.2. The Hall–Kier alpha value is -9.95. The zero-order valence-corrected chi connectivity index (χ0v) is 65.7. The Labute approximate surface area is 672 Å². The SMILES string of the molecule is C.C.COc1cc2c(cc1OC(C)=O)CCN[C@]21CS[C@@H]2c3c(OC(C)=O)c(C)c4c(c3[C@H](COC1=O)N1C2[C@@H]2N[C@@H](Cc3cc(C)c(OC)c(O)c32)[C@@H]1C#N)OCO4.COc1cc2c(cc1OC(C)=O)CCN[C@]21CS[C@@H]2c3c(OC(C)=O)c(C)c4c(c3[C@H](COC1=O)N1C2[C@@H]2N[C@@H](Cc3cc(C)c(OC)c(O)c32)[C@@H]1O)OCO4. The summed E-state index contributed by atoms with van der Waals surface area (Å²) in [6, 6.07) is 8.12. The number of aliphatic hydroxyl groups is 1. The van der Waals surface area contributed by atoms with Crippen molar-refractivity contribution in [2.24, 2.45) is 0 Å².